The standard InChI is InChI=1S/C22H20N2O8/c1-4-30-22(27)20-13(3)23-12(2)19(20)16(25)11-31-21(26)18-10-9-17(32-18)14-5-7-15(8-6-14)24(28)29/h5-10,23H,4,11H2,1-3H3. The van der Waals surface area contributed by atoms with Gasteiger partial charge in [-0.1, -0.05) is 0 Å². The van der Waals surface area contributed by atoms with Crippen molar-refractivity contribution in [3.63, 3.8) is 0 Å². The van der Waals surface area contributed by atoms with Gasteiger partial charge in [-0.2, -0.15) is 0 Å². The number of aromatic amines is 1. The molecule has 0 saturated heterocycles. The molecule has 32 heavy (non-hydrogen) atoms. The Morgan fingerprint density at radius 3 is 2.25 bits per heavy atom. The molecule has 0 aliphatic rings. The lowest BCUT2D eigenvalue weighted by Gasteiger charge is -2.06. The van der Waals surface area contributed by atoms with E-state index in [0.29, 0.717) is 22.7 Å². The van der Waals surface area contributed by atoms with E-state index in [1.165, 1.54) is 36.4 Å². The molecule has 3 aromatic rings. The number of rotatable bonds is 8. The molecule has 0 bridgehead atoms. The number of nitro benzene ring substituents is 1. The zero-order valence-corrected chi connectivity index (χ0v) is 17.6. The molecule has 0 unspecified atom stereocenters. The third-order valence-electron chi connectivity index (χ3n) is 4.64. The Morgan fingerprint density at radius 2 is 1.62 bits per heavy atom. The van der Waals surface area contributed by atoms with Crippen LogP contribution in [0.4, 0.5) is 5.69 Å². The summed E-state index contributed by atoms with van der Waals surface area (Å²) in [4.78, 5) is 50.4. The highest BCUT2D eigenvalue weighted by molar-refractivity contribution is 6.09. The molecule has 2 aromatic heterocycles. The number of Topliss-reactive ketones (excluding diaryl/α,β-unsaturated/α-hetero) is 1. The van der Waals surface area contributed by atoms with Gasteiger partial charge in [0.2, 0.25) is 11.5 Å². The number of hydrogen-bond acceptors (Lipinski definition) is 8. The molecule has 1 aromatic carbocycles. The van der Waals surface area contributed by atoms with Gasteiger partial charge in [-0.25, -0.2) is 9.59 Å². The van der Waals surface area contributed by atoms with Gasteiger partial charge in [0.15, 0.2) is 6.61 Å². The van der Waals surface area contributed by atoms with Gasteiger partial charge in [-0.3, -0.25) is 14.9 Å². The van der Waals surface area contributed by atoms with Gasteiger partial charge in [0, 0.05) is 29.1 Å². The quantitative estimate of drug-likeness (QED) is 0.240. The summed E-state index contributed by atoms with van der Waals surface area (Å²) in [6, 6.07) is 8.50. The van der Waals surface area contributed by atoms with E-state index in [-0.39, 0.29) is 29.2 Å². The van der Waals surface area contributed by atoms with E-state index < -0.39 is 29.3 Å². The van der Waals surface area contributed by atoms with Crippen LogP contribution in [-0.2, 0) is 9.47 Å². The molecule has 0 spiro atoms. The normalized spacial score (nSPS) is 10.6. The fourth-order valence-electron chi connectivity index (χ4n) is 3.21. The molecular formula is C22H20N2O8. The molecular weight excluding hydrogens is 420 g/mol. The molecule has 0 aliphatic heterocycles. The number of aromatic nitrogens is 1. The first-order chi connectivity index (χ1) is 15.2. The molecule has 1 N–H and O–H groups in total. The number of furan rings is 1. The van der Waals surface area contributed by atoms with Crippen LogP contribution in [0.5, 0.6) is 0 Å². The van der Waals surface area contributed by atoms with E-state index >= 15 is 0 Å². The average Bonchev–Trinajstić information content (AvgIpc) is 3.36. The highest BCUT2D eigenvalue weighted by Gasteiger charge is 2.26. The Balaban J connectivity index is 1.70. The van der Waals surface area contributed by atoms with E-state index in [1.807, 2.05) is 0 Å². The molecule has 0 saturated carbocycles. The number of ether oxygens (including phenoxy) is 2. The van der Waals surface area contributed by atoms with Gasteiger partial charge < -0.3 is 18.9 Å². The van der Waals surface area contributed by atoms with Crippen molar-refractivity contribution in [1.29, 1.82) is 0 Å². The van der Waals surface area contributed by atoms with Crippen molar-refractivity contribution in [3.05, 3.63) is 74.8 Å². The molecule has 166 valence electrons. The SMILES string of the molecule is CCOC(=O)c1c(C)[nH]c(C)c1C(=O)COC(=O)c1ccc(-c2ccc([N+](=O)[O-])cc2)o1. The second-order valence-corrected chi connectivity index (χ2v) is 6.81. The Kier molecular flexibility index (Phi) is 6.53. The minimum Gasteiger partial charge on any atom is -0.462 e. The van der Waals surface area contributed by atoms with Crippen molar-refractivity contribution < 1.29 is 33.2 Å². The summed E-state index contributed by atoms with van der Waals surface area (Å²) in [5.41, 5.74) is 1.63. The number of carbonyl (C=O) groups is 3. The summed E-state index contributed by atoms with van der Waals surface area (Å²) in [5.74, 6) is -1.90. The Morgan fingerprint density at radius 1 is 0.969 bits per heavy atom. The second-order valence-electron chi connectivity index (χ2n) is 6.81. The highest BCUT2D eigenvalue weighted by atomic mass is 16.6. The van der Waals surface area contributed by atoms with Crippen molar-refractivity contribution in [3.8, 4) is 11.3 Å². The minimum atomic E-state index is -0.867. The summed E-state index contributed by atoms with van der Waals surface area (Å²) in [5, 5.41) is 10.8. The molecule has 10 nitrogen and oxygen atoms in total. The maximum absolute atomic E-state index is 12.7. The lowest BCUT2D eigenvalue weighted by Crippen LogP contribution is -2.18. The Bertz CT molecular complexity index is 1190. The maximum Gasteiger partial charge on any atom is 0.374 e. The zero-order valence-electron chi connectivity index (χ0n) is 17.6. The molecule has 10 heteroatoms. The van der Waals surface area contributed by atoms with Crippen molar-refractivity contribution in [2.45, 2.75) is 20.8 Å². The molecule has 0 radical (unpaired) electrons. The lowest BCUT2D eigenvalue weighted by molar-refractivity contribution is -0.384. The van der Waals surface area contributed by atoms with E-state index in [9.17, 15) is 24.5 Å². The molecule has 0 atom stereocenters. The first-order valence-corrected chi connectivity index (χ1v) is 9.64. The number of nitrogens with zero attached hydrogens (tertiary/aromatic N) is 1. The second kappa shape index (κ2) is 9.29. The number of H-pyrrole nitrogens is 1. The third-order valence-corrected chi connectivity index (χ3v) is 4.64. The van der Waals surface area contributed by atoms with Crippen LogP contribution in [0.25, 0.3) is 11.3 Å². The van der Waals surface area contributed by atoms with Crippen molar-refractivity contribution in [1.82, 2.24) is 4.98 Å². The van der Waals surface area contributed by atoms with E-state index in [0.717, 1.165) is 0 Å². The number of nitrogens with one attached hydrogen (secondary N) is 1. The fraction of sp³-hybridized carbons (Fsp3) is 0.227. The van der Waals surface area contributed by atoms with Gasteiger partial charge in [0.1, 0.15) is 5.76 Å². The average molecular weight is 440 g/mol. The van der Waals surface area contributed by atoms with Crippen LogP contribution in [0.15, 0.2) is 40.8 Å². The Labute approximate surface area is 182 Å². The van der Waals surface area contributed by atoms with Gasteiger partial charge in [0.25, 0.3) is 5.69 Å². The van der Waals surface area contributed by atoms with Crippen LogP contribution in [0, 0.1) is 24.0 Å². The molecule has 3 rings (SSSR count). The third kappa shape index (κ3) is 4.59. The number of benzene rings is 1. The van der Waals surface area contributed by atoms with E-state index in [2.05, 4.69) is 4.98 Å². The smallest absolute Gasteiger partial charge is 0.374 e. The largest absolute Gasteiger partial charge is 0.462 e. The molecule has 0 aliphatic carbocycles. The predicted octanol–water partition coefficient (Wildman–Crippen LogP) is 4.02. The summed E-state index contributed by atoms with van der Waals surface area (Å²) < 4.78 is 15.5. The van der Waals surface area contributed by atoms with Crippen LogP contribution in [0.1, 0.15) is 49.6 Å². The monoisotopic (exact) mass is 440 g/mol. The number of aryl methyl sites for hydroxylation is 2. The van der Waals surface area contributed by atoms with E-state index in [1.54, 1.807) is 20.8 Å². The van der Waals surface area contributed by atoms with Crippen molar-refractivity contribution in [2.75, 3.05) is 13.2 Å². The lowest BCUT2D eigenvalue weighted by atomic mass is 10.1. The van der Waals surface area contributed by atoms with Crippen molar-refractivity contribution in [2.24, 2.45) is 0 Å². The number of esters is 2. The fourth-order valence-corrected chi connectivity index (χ4v) is 3.21. The van der Waals surface area contributed by atoms with Gasteiger partial charge in [0.05, 0.1) is 22.7 Å². The molecule has 0 fully saturated rings. The number of nitro groups is 1. The van der Waals surface area contributed by atoms with Gasteiger partial charge >= 0.3 is 11.9 Å². The Hall–Kier alpha value is -4.21. The topological polar surface area (TPSA) is 142 Å². The zero-order chi connectivity index (χ0) is 23.4. The summed E-state index contributed by atoms with van der Waals surface area (Å²) in [7, 11) is 0. The van der Waals surface area contributed by atoms with Gasteiger partial charge in [-0.15, -0.1) is 0 Å². The summed E-state index contributed by atoms with van der Waals surface area (Å²) in [6.45, 7) is 4.49. The van der Waals surface area contributed by atoms with Crippen LogP contribution < -0.4 is 0 Å². The first kappa shape index (κ1) is 22.5. The van der Waals surface area contributed by atoms with Gasteiger partial charge in [-0.05, 0) is 45.0 Å². The van der Waals surface area contributed by atoms with Crippen LogP contribution >= 0.6 is 0 Å². The number of ketones is 1. The number of hydrogen-bond donors (Lipinski definition) is 1. The molecule has 0 amide bonds. The highest BCUT2D eigenvalue weighted by Crippen LogP contribution is 2.25. The summed E-state index contributed by atoms with van der Waals surface area (Å²) >= 11 is 0. The van der Waals surface area contributed by atoms with Crippen LogP contribution in [0.3, 0.4) is 0 Å². The first-order valence-electron chi connectivity index (χ1n) is 9.64. The van der Waals surface area contributed by atoms with Crippen LogP contribution in [-0.4, -0.2) is 40.8 Å². The predicted molar refractivity (Wildman–Crippen MR) is 112 cm³/mol. The maximum atomic E-state index is 12.7. The summed E-state index contributed by atoms with van der Waals surface area (Å²) in [6.07, 6.45) is 0. The van der Waals surface area contributed by atoms with E-state index in [4.69, 9.17) is 13.9 Å². The van der Waals surface area contributed by atoms with Crippen LogP contribution in [0.2, 0.25) is 0 Å². The van der Waals surface area contributed by atoms with Crippen molar-refractivity contribution >= 4 is 23.4 Å². The number of carbonyl (C=O) groups excluding carboxylic acids is 3. The minimum absolute atomic E-state index is 0.0732. The number of non-ortho nitro benzene ring substituents is 1. The molecule has 2 heterocycles.